The maximum atomic E-state index is 6.00. The molecule has 0 aliphatic heterocycles. The molecule has 2 heterocycles. The van der Waals surface area contributed by atoms with Gasteiger partial charge in [0.25, 0.3) is 0 Å². The minimum Gasteiger partial charge on any atom is -0.369 e. The normalized spacial score (nSPS) is 16.9. The van der Waals surface area contributed by atoms with Crippen molar-refractivity contribution in [3.05, 3.63) is 16.2 Å². The molecule has 3 rings (SSSR count). The van der Waals surface area contributed by atoms with Crippen molar-refractivity contribution in [2.45, 2.75) is 39.0 Å². The monoisotopic (exact) mass is 295 g/mol. The number of thiophene rings is 1. The van der Waals surface area contributed by atoms with Gasteiger partial charge in [0.2, 0.25) is 5.28 Å². The molecule has 0 amide bonds. The lowest BCUT2D eigenvalue weighted by Crippen LogP contribution is -2.17. The van der Waals surface area contributed by atoms with Crippen molar-refractivity contribution in [1.29, 1.82) is 0 Å². The molecule has 2 aromatic rings. The van der Waals surface area contributed by atoms with Gasteiger partial charge in [0.1, 0.15) is 10.6 Å². The third-order valence-corrected chi connectivity index (χ3v) is 4.88. The van der Waals surface area contributed by atoms with E-state index in [0.717, 1.165) is 28.5 Å². The first-order chi connectivity index (χ1) is 9.22. The zero-order valence-electron chi connectivity index (χ0n) is 11.1. The number of nitrogens with one attached hydrogen (secondary N) is 1. The number of rotatable bonds is 3. The topological polar surface area (TPSA) is 37.8 Å². The molecule has 5 heteroatoms. The van der Waals surface area contributed by atoms with Gasteiger partial charge in [0, 0.05) is 11.4 Å². The van der Waals surface area contributed by atoms with Crippen LogP contribution >= 0.6 is 22.9 Å². The molecule has 0 spiro atoms. The number of fused-ring (bicyclic) bond motifs is 1. The number of hydrogen-bond acceptors (Lipinski definition) is 4. The van der Waals surface area contributed by atoms with Gasteiger partial charge in [-0.1, -0.05) is 19.3 Å². The van der Waals surface area contributed by atoms with Crippen LogP contribution in [-0.4, -0.2) is 16.5 Å². The van der Waals surface area contributed by atoms with Crippen LogP contribution in [0.2, 0.25) is 5.28 Å². The van der Waals surface area contributed by atoms with Crippen molar-refractivity contribution in [2.75, 3.05) is 11.9 Å². The van der Waals surface area contributed by atoms with Crippen LogP contribution < -0.4 is 5.32 Å². The first-order valence-corrected chi connectivity index (χ1v) is 8.09. The summed E-state index contributed by atoms with van der Waals surface area (Å²) in [4.78, 5) is 10.9. The summed E-state index contributed by atoms with van der Waals surface area (Å²) in [6.45, 7) is 3.09. The van der Waals surface area contributed by atoms with Crippen molar-refractivity contribution in [2.24, 2.45) is 5.92 Å². The summed E-state index contributed by atoms with van der Waals surface area (Å²) < 4.78 is 0. The van der Waals surface area contributed by atoms with Crippen LogP contribution in [0.15, 0.2) is 6.07 Å². The third kappa shape index (κ3) is 3.00. The third-order valence-electron chi connectivity index (χ3n) is 3.77. The van der Waals surface area contributed by atoms with Gasteiger partial charge in [-0.3, -0.25) is 0 Å². The summed E-state index contributed by atoms with van der Waals surface area (Å²) in [7, 11) is 0. The molecule has 0 saturated heterocycles. The fourth-order valence-corrected chi connectivity index (χ4v) is 3.88. The number of anilines is 1. The van der Waals surface area contributed by atoms with Crippen LogP contribution in [0.1, 0.15) is 37.0 Å². The van der Waals surface area contributed by atoms with E-state index >= 15 is 0 Å². The zero-order valence-corrected chi connectivity index (χ0v) is 12.7. The Morgan fingerprint density at radius 3 is 2.89 bits per heavy atom. The standard InChI is InChI=1S/C14H18ClN3S/c1-9-7-11-12(17-14(15)18-13(11)19-9)16-8-10-5-3-2-4-6-10/h7,10H,2-6,8H2,1H3,(H,16,17,18). The average molecular weight is 296 g/mol. The summed E-state index contributed by atoms with van der Waals surface area (Å²) >= 11 is 7.67. The van der Waals surface area contributed by atoms with Crippen molar-refractivity contribution in [3.63, 3.8) is 0 Å². The minimum atomic E-state index is 0.334. The van der Waals surface area contributed by atoms with E-state index in [1.54, 1.807) is 11.3 Å². The van der Waals surface area contributed by atoms with Crippen LogP contribution in [-0.2, 0) is 0 Å². The first-order valence-electron chi connectivity index (χ1n) is 6.90. The van der Waals surface area contributed by atoms with Crippen LogP contribution in [0, 0.1) is 12.8 Å². The smallest absolute Gasteiger partial charge is 0.225 e. The SMILES string of the molecule is Cc1cc2c(NCC3CCCCC3)nc(Cl)nc2s1. The predicted molar refractivity (Wildman–Crippen MR) is 82.2 cm³/mol. The van der Waals surface area contributed by atoms with E-state index in [0.29, 0.717) is 5.28 Å². The number of aryl methyl sites for hydroxylation is 1. The summed E-state index contributed by atoms with van der Waals surface area (Å²) in [5, 5.41) is 4.92. The first kappa shape index (κ1) is 13.1. The molecule has 102 valence electrons. The van der Waals surface area contributed by atoms with E-state index in [4.69, 9.17) is 11.6 Å². The van der Waals surface area contributed by atoms with Gasteiger partial charge in [-0.05, 0) is 43.4 Å². The Bertz CT molecular complexity index is 575. The summed E-state index contributed by atoms with van der Waals surface area (Å²) in [5.74, 6) is 1.67. The molecule has 0 bridgehead atoms. The molecular weight excluding hydrogens is 278 g/mol. The molecule has 1 N–H and O–H groups in total. The molecule has 2 aromatic heterocycles. The maximum Gasteiger partial charge on any atom is 0.225 e. The van der Waals surface area contributed by atoms with E-state index in [1.807, 2.05) is 0 Å². The molecule has 3 nitrogen and oxygen atoms in total. The van der Waals surface area contributed by atoms with Crippen molar-refractivity contribution in [1.82, 2.24) is 9.97 Å². The van der Waals surface area contributed by atoms with Crippen LogP contribution in [0.25, 0.3) is 10.2 Å². The second kappa shape index (κ2) is 5.63. The van der Waals surface area contributed by atoms with Gasteiger partial charge >= 0.3 is 0 Å². The molecule has 0 unspecified atom stereocenters. The van der Waals surface area contributed by atoms with Crippen LogP contribution in [0.4, 0.5) is 5.82 Å². The second-order valence-electron chi connectivity index (χ2n) is 5.30. The van der Waals surface area contributed by atoms with E-state index in [-0.39, 0.29) is 0 Å². The second-order valence-corrected chi connectivity index (χ2v) is 6.87. The Hall–Kier alpha value is -0.870. The Labute approximate surface area is 122 Å². The lowest BCUT2D eigenvalue weighted by Gasteiger charge is -2.22. The average Bonchev–Trinajstić information content (AvgIpc) is 2.77. The number of nitrogens with zero attached hydrogens (tertiary/aromatic N) is 2. The van der Waals surface area contributed by atoms with Crippen molar-refractivity contribution in [3.8, 4) is 0 Å². The molecule has 0 radical (unpaired) electrons. The quantitative estimate of drug-likeness (QED) is 0.838. The maximum absolute atomic E-state index is 6.00. The van der Waals surface area contributed by atoms with Crippen LogP contribution in [0.3, 0.4) is 0 Å². The van der Waals surface area contributed by atoms with E-state index < -0.39 is 0 Å². The Morgan fingerprint density at radius 2 is 2.11 bits per heavy atom. The van der Waals surface area contributed by atoms with E-state index in [2.05, 4.69) is 28.3 Å². The highest BCUT2D eigenvalue weighted by Gasteiger charge is 2.15. The number of aromatic nitrogens is 2. The van der Waals surface area contributed by atoms with Crippen LogP contribution in [0.5, 0.6) is 0 Å². The van der Waals surface area contributed by atoms with Gasteiger partial charge in [-0.2, -0.15) is 0 Å². The molecule has 0 aromatic carbocycles. The minimum absolute atomic E-state index is 0.334. The molecular formula is C14H18ClN3S. The zero-order chi connectivity index (χ0) is 13.2. The molecule has 1 aliphatic carbocycles. The molecule has 1 aliphatic rings. The fourth-order valence-electron chi connectivity index (χ4n) is 2.78. The predicted octanol–water partition coefficient (Wildman–Crippen LogP) is 4.65. The fraction of sp³-hybridized carbons (Fsp3) is 0.571. The highest BCUT2D eigenvalue weighted by Crippen LogP contribution is 2.30. The summed E-state index contributed by atoms with van der Waals surface area (Å²) in [6, 6.07) is 2.14. The molecule has 1 saturated carbocycles. The van der Waals surface area contributed by atoms with Gasteiger partial charge in [-0.25, -0.2) is 9.97 Å². The molecule has 19 heavy (non-hydrogen) atoms. The van der Waals surface area contributed by atoms with Gasteiger partial charge in [-0.15, -0.1) is 11.3 Å². The number of hydrogen-bond donors (Lipinski definition) is 1. The summed E-state index contributed by atoms with van der Waals surface area (Å²) in [6.07, 6.45) is 6.78. The van der Waals surface area contributed by atoms with Gasteiger partial charge in [0.05, 0.1) is 5.39 Å². The number of halogens is 1. The Balaban J connectivity index is 1.79. The lowest BCUT2D eigenvalue weighted by atomic mass is 9.89. The van der Waals surface area contributed by atoms with E-state index in [9.17, 15) is 0 Å². The van der Waals surface area contributed by atoms with E-state index in [1.165, 1.54) is 37.0 Å². The summed E-state index contributed by atoms with van der Waals surface area (Å²) in [5.41, 5.74) is 0. The van der Waals surface area contributed by atoms with Crippen molar-refractivity contribution < 1.29 is 0 Å². The van der Waals surface area contributed by atoms with Gasteiger partial charge in [0.15, 0.2) is 0 Å². The highest BCUT2D eigenvalue weighted by molar-refractivity contribution is 7.18. The Kier molecular flexibility index (Phi) is 3.89. The van der Waals surface area contributed by atoms with Crippen molar-refractivity contribution >= 4 is 39.0 Å². The Morgan fingerprint density at radius 1 is 1.32 bits per heavy atom. The lowest BCUT2D eigenvalue weighted by molar-refractivity contribution is 0.373. The molecule has 1 fully saturated rings. The van der Waals surface area contributed by atoms with Gasteiger partial charge < -0.3 is 5.32 Å². The highest BCUT2D eigenvalue weighted by atomic mass is 35.5. The molecule has 0 atom stereocenters. The largest absolute Gasteiger partial charge is 0.369 e.